The van der Waals surface area contributed by atoms with Gasteiger partial charge in [-0.15, -0.1) is 0 Å². The highest BCUT2D eigenvalue weighted by Gasteiger charge is 2.27. The van der Waals surface area contributed by atoms with Crippen LogP contribution in [0, 0.1) is 11.8 Å². The minimum atomic E-state index is 0.566. The van der Waals surface area contributed by atoms with Crippen LogP contribution in [0.15, 0.2) is 0 Å². The maximum atomic E-state index is 6.03. The molecule has 1 saturated heterocycles. The number of ether oxygens (including phenoxy) is 1. The summed E-state index contributed by atoms with van der Waals surface area (Å²) in [6.07, 6.45) is 9.55. The van der Waals surface area contributed by atoms with Gasteiger partial charge in [0, 0.05) is 32.3 Å². The molecule has 1 aliphatic carbocycles. The summed E-state index contributed by atoms with van der Waals surface area (Å²) < 4.78 is 5.46. The van der Waals surface area contributed by atoms with Gasteiger partial charge >= 0.3 is 0 Å². The SMILES string of the molecule is CN(CC1CCCCC1)C(CN)C1CCOCC1. The highest BCUT2D eigenvalue weighted by atomic mass is 16.5. The van der Waals surface area contributed by atoms with Crippen LogP contribution < -0.4 is 5.73 Å². The first-order chi connectivity index (χ1) is 8.81. The molecule has 0 bridgehead atoms. The van der Waals surface area contributed by atoms with Crippen molar-refractivity contribution >= 4 is 0 Å². The summed E-state index contributed by atoms with van der Waals surface area (Å²) in [6.45, 7) is 3.91. The average Bonchev–Trinajstić information content (AvgIpc) is 2.42. The Morgan fingerprint density at radius 2 is 1.78 bits per heavy atom. The van der Waals surface area contributed by atoms with E-state index in [4.69, 9.17) is 10.5 Å². The van der Waals surface area contributed by atoms with E-state index in [9.17, 15) is 0 Å². The Labute approximate surface area is 112 Å². The highest BCUT2D eigenvalue weighted by Crippen LogP contribution is 2.27. The lowest BCUT2D eigenvalue weighted by Gasteiger charge is -2.38. The van der Waals surface area contributed by atoms with Crippen LogP contribution in [-0.2, 0) is 4.74 Å². The van der Waals surface area contributed by atoms with Gasteiger partial charge in [-0.1, -0.05) is 19.3 Å². The fourth-order valence-electron chi connectivity index (χ4n) is 3.75. The summed E-state index contributed by atoms with van der Waals surface area (Å²) in [5.74, 6) is 1.66. The van der Waals surface area contributed by atoms with Crippen LogP contribution in [0.2, 0.25) is 0 Å². The normalized spacial score (nSPS) is 25.5. The first-order valence-corrected chi connectivity index (χ1v) is 7.79. The largest absolute Gasteiger partial charge is 0.381 e. The molecule has 0 aromatic rings. The molecule has 0 aromatic heterocycles. The third-order valence-electron chi connectivity index (χ3n) is 4.89. The van der Waals surface area contributed by atoms with Crippen LogP contribution in [0.1, 0.15) is 44.9 Å². The molecule has 2 rings (SSSR count). The van der Waals surface area contributed by atoms with Crippen LogP contribution in [0.4, 0.5) is 0 Å². The van der Waals surface area contributed by atoms with Gasteiger partial charge in [0.15, 0.2) is 0 Å². The zero-order chi connectivity index (χ0) is 12.8. The number of nitrogens with two attached hydrogens (primary N) is 1. The molecule has 2 N–H and O–H groups in total. The van der Waals surface area contributed by atoms with Crippen LogP contribution in [-0.4, -0.2) is 44.3 Å². The Morgan fingerprint density at radius 3 is 2.39 bits per heavy atom. The third-order valence-corrected chi connectivity index (χ3v) is 4.89. The summed E-state index contributed by atoms with van der Waals surface area (Å²) in [5, 5.41) is 0. The van der Waals surface area contributed by atoms with Gasteiger partial charge in [-0.05, 0) is 44.6 Å². The predicted molar refractivity (Wildman–Crippen MR) is 75.6 cm³/mol. The van der Waals surface area contributed by atoms with E-state index in [1.807, 2.05) is 0 Å². The van der Waals surface area contributed by atoms with Gasteiger partial charge in [0.25, 0.3) is 0 Å². The summed E-state index contributed by atoms with van der Waals surface area (Å²) in [6, 6.07) is 0.566. The predicted octanol–water partition coefficient (Wildman–Crippen LogP) is 2.25. The quantitative estimate of drug-likeness (QED) is 0.818. The lowest BCUT2D eigenvalue weighted by molar-refractivity contribution is 0.0292. The lowest BCUT2D eigenvalue weighted by Crippen LogP contribution is -2.47. The lowest BCUT2D eigenvalue weighted by atomic mass is 9.86. The number of hydrogen-bond donors (Lipinski definition) is 1. The van der Waals surface area contributed by atoms with Crippen molar-refractivity contribution < 1.29 is 4.74 Å². The van der Waals surface area contributed by atoms with Gasteiger partial charge in [-0.2, -0.15) is 0 Å². The summed E-state index contributed by atoms with van der Waals surface area (Å²) in [4.78, 5) is 2.55. The Balaban J connectivity index is 1.81. The first kappa shape index (κ1) is 14.3. The van der Waals surface area contributed by atoms with E-state index in [0.29, 0.717) is 6.04 Å². The van der Waals surface area contributed by atoms with Gasteiger partial charge in [0.2, 0.25) is 0 Å². The molecule has 0 amide bonds. The Hall–Kier alpha value is -0.120. The molecule has 2 aliphatic rings. The highest BCUT2D eigenvalue weighted by molar-refractivity contribution is 4.82. The zero-order valence-electron chi connectivity index (χ0n) is 11.9. The Bertz CT molecular complexity index is 223. The smallest absolute Gasteiger partial charge is 0.0469 e. The van der Waals surface area contributed by atoms with E-state index >= 15 is 0 Å². The average molecular weight is 254 g/mol. The Kier molecular flexibility index (Phi) is 5.93. The molecule has 0 spiro atoms. The molecule has 1 unspecified atom stereocenters. The molecule has 1 heterocycles. The van der Waals surface area contributed by atoms with Gasteiger partial charge in [-0.25, -0.2) is 0 Å². The standard InChI is InChI=1S/C15H30N2O/c1-17(12-13-5-3-2-4-6-13)15(11-16)14-7-9-18-10-8-14/h13-15H,2-12,16H2,1H3. The van der Waals surface area contributed by atoms with Crippen molar-refractivity contribution in [2.45, 2.75) is 51.0 Å². The summed E-state index contributed by atoms with van der Waals surface area (Å²) in [7, 11) is 2.28. The molecule has 1 aliphatic heterocycles. The summed E-state index contributed by atoms with van der Waals surface area (Å²) in [5.41, 5.74) is 6.03. The Morgan fingerprint density at radius 1 is 1.11 bits per heavy atom. The minimum Gasteiger partial charge on any atom is -0.381 e. The van der Waals surface area contributed by atoms with Crippen molar-refractivity contribution in [3.05, 3.63) is 0 Å². The molecule has 106 valence electrons. The first-order valence-electron chi connectivity index (χ1n) is 7.79. The maximum Gasteiger partial charge on any atom is 0.0469 e. The number of likely N-dealkylation sites (N-methyl/N-ethyl adjacent to an activating group) is 1. The van der Waals surface area contributed by atoms with Crippen molar-refractivity contribution in [2.24, 2.45) is 17.6 Å². The number of hydrogen-bond acceptors (Lipinski definition) is 3. The molecule has 18 heavy (non-hydrogen) atoms. The maximum absolute atomic E-state index is 6.03. The van der Waals surface area contributed by atoms with Gasteiger partial charge in [-0.3, -0.25) is 0 Å². The molecular weight excluding hydrogens is 224 g/mol. The van der Waals surface area contributed by atoms with Crippen LogP contribution >= 0.6 is 0 Å². The third kappa shape index (κ3) is 3.94. The fraction of sp³-hybridized carbons (Fsp3) is 1.00. The van der Waals surface area contributed by atoms with E-state index in [1.165, 1.54) is 51.5 Å². The monoisotopic (exact) mass is 254 g/mol. The van der Waals surface area contributed by atoms with Crippen molar-refractivity contribution in [1.29, 1.82) is 0 Å². The van der Waals surface area contributed by atoms with Crippen molar-refractivity contribution in [3.8, 4) is 0 Å². The molecule has 0 radical (unpaired) electrons. The van der Waals surface area contributed by atoms with Gasteiger partial charge in [0.05, 0.1) is 0 Å². The molecule has 2 fully saturated rings. The van der Waals surface area contributed by atoms with Crippen LogP contribution in [0.3, 0.4) is 0 Å². The molecule has 1 atom stereocenters. The van der Waals surface area contributed by atoms with Crippen LogP contribution in [0.5, 0.6) is 0 Å². The molecule has 3 heteroatoms. The fourth-order valence-corrected chi connectivity index (χ4v) is 3.75. The van der Waals surface area contributed by atoms with Crippen molar-refractivity contribution in [3.63, 3.8) is 0 Å². The second kappa shape index (κ2) is 7.46. The summed E-state index contributed by atoms with van der Waals surface area (Å²) >= 11 is 0. The van der Waals surface area contributed by atoms with E-state index in [1.54, 1.807) is 0 Å². The van der Waals surface area contributed by atoms with Crippen LogP contribution in [0.25, 0.3) is 0 Å². The van der Waals surface area contributed by atoms with E-state index in [0.717, 1.165) is 31.6 Å². The second-order valence-corrected chi connectivity index (χ2v) is 6.20. The topological polar surface area (TPSA) is 38.5 Å². The van der Waals surface area contributed by atoms with E-state index in [2.05, 4.69) is 11.9 Å². The molecule has 3 nitrogen and oxygen atoms in total. The molecular formula is C15H30N2O. The van der Waals surface area contributed by atoms with E-state index in [-0.39, 0.29) is 0 Å². The minimum absolute atomic E-state index is 0.566. The van der Waals surface area contributed by atoms with Gasteiger partial charge in [0.1, 0.15) is 0 Å². The van der Waals surface area contributed by atoms with Crippen molar-refractivity contribution in [2.75, 3.05) is 33.4 Å². The number of nitrogens with zero attached hydrogens (tertiary/aromatic N) is 1. The number of rotatable bonds is 5. The molecule has 0 aromatic carbocycles. The zero-order valence-corrected chi connectivity index (χ0v) is 11.9. The van der Waals surface area contributed by atoms with Gasteiger partial charge < -0.3 is 15.4 Å². The van der Waals surface area contributed by atoms with E-state index < -0.39 is 0 Å². The molecule has 1 saturated carbocycles. The second-order valence-electron chi connectivity index (χ2n) is 6.20. The van der Waals surface area contributed by atoms with Crippen molar-refractivity contribution in [1.82, 2.24) is 4.90 Å².